The number of H-pyrrole nitrogens is 1. The Kier molecular flexibility index (Phi) is 3.25. The van der Waals surface area contributed by atoms with Crippen LogP contribution in [0.3, 0.4) is 0 Å². The highest BCUT2D eigenvalue weighted by molar-refractivity contribution is 6.39. The number of aromatic amines is 1. The van der Waals surface area contributed by atoms with Crippen molar-refractivity contribution in [1.82, 2.24) is 15.0 Å². The largest absolute Gasteiger partial charge is 0.416 e. The molecule has 0 aliphatic carbocycles. The maximum absolute atomic E-state index is 12.7. The molecule has 0 aliphatic heterocycles. The van der Waals surface area contributed by atoms with Crippen LogP contribution in [0.5, 0.6) is 0 Å². The maximum Gasteiger partial charge on any atom is 0.416 e. The van der Waals surface area contributed by atoms with Crippen molar-refractivity contribution in [3.63, 3.8) is 0 Å². The fraction of sp³-hybridized carbons (Fsp3) is 0.0588. The van der Waals surface area contributed by atoms with Crippen molar-refractivity contribution in [2.45, 2.75) is 6.18 Å². The zero-order valence-corrected chi connectivity index (χ0v) is 12.8. The Labute approximate surface area is 139 Å². The van der Waals surface area contributed by atoms with Crippen LogP contribution in [0.25, 0.3) is 33.3 Å². The molecule has 0 unspecified atom stereocenters. The van der Waals surface area contributed by atoms with Crippen LogP contribution in [0.1, 0.15) is 5.56 Å². The van der Waals surface area contributed by atoms with Gasteiger partial charge in [-0.05, 0) is 24.3 Å². The van der Waals surface area contributed by atoms with E-state index < -0.39 is 11.7 Å². The lowest BCUT2D eigenvalue weighted by molar-refractivity contribution is -0.137. The number of nitrogens with one attached hydrogen (secondary N) is 1. The second-order valence-corrected chi connectivity index (χ2v) is 5.70. The summed E-state index contributed by atoms with van der Waals surface area (Å²) in [6, 6.07) is 10.4. The van der Waals surface area contributed by atoms with Gasteiger partial charge in [-0.1, -0.05) is 29.8 Å². The fourth-order valence-electron chi connectivity index (χ4n) is 2.60. The lowest BCUT2D eigenvalue weighted by Gasteiger charge is -2.06. The summed E-state index contributed by atoms with van der Waals surface area (Å²) in [6.07, 6.45) is -2.72. The Balaban J connectivity index is 1.86. The van der Waals surface area contributed by atoms with E-state index in [2.05, 4.69) is 15.0 Å². The number of imidazole rings is 1. The molecule has 2 heterocycles. The van der Waals surface area contributed by atoms with Crippen molar-refractivity contribution in [1.29, 1.82) is 0 Å². The summed E-state index contributed by atoms with van der Waals surface area (Å²) >= 11 is 6.37. The molecule has 7 heteroatoms. The van der Waals surface area contributed by atoms with Gasteiger partial charge in [0.15, 0.2) is 0 Å². The highest BCUT2D eigenvalue weighted by Gasteiger charge is 2.30. The molecule has 0 bridgehead atoms. The molecule has 0 atom stereocenters. The van der Waals surface area contributed by atoms with Gasteiger partial charge in [-0.2, -0.15) is 13.2 Å². The number of alkyl halides is 3. The van der Waals surface area contributed by atoms with Gasteiger partial charge in [-0.15, -0.1) is 0 Å². The summed E-state index contributed by atoms with van der Waals surface area (Å²) in [4.78, 5) is 11.8. The van der Waals surface area contributed by atoms with E-state index in [-0.39, 0.29) is 0 Å². The van der Waals surface area contributed by atoms with Gasteiger partial charge in [0, 0.05) is 17.1 Å². The third kappa shape index (κ3) is 2.39. The Morgan fingerprint density at radius 1 is 1.00 bits per heavy atom. The first kappa shape index (κ1) is 15.0. The van der Waals surface area contributed by atoms with Crippen molar-refractivity contribution in [2.24, 2.45) is 0 Å². The van der Waals surface area contributed by atoms with Gasteiger partial charge in [0.1, 0.15) is 11.3 Å². The summed E-state index contributed by atoms with van der Waals surface area (Å²) in [5.41, 5.74) is 1.73. The van der Waals surface area contributed by atoms with Crippen molar-refractivity contribution in [2.75, 3.05) is 0 Å². The minimum Gasteiger partial charge on any atom is -0.338 e. The predicted octanol–water partition coefficient (Wildman–Crippen LogP) is 5.45. The smallest absolute Gasteiger partial charge is 0.338 e. The molecule has 2 aromatic heterocycles. The first-order valence-electron chi connectivity index (χ1n) is 7.04. The van der Waals surface area contributed by atoms with Crippen molar-refractivity contribution < 1.29 is 13.2 Å². The number of hydrogen-bond donors (Lipinski definition) is 1. The van der Waals surface area contributed by atoms with Crippen LogP contribution in [0.4, 0.5) is 13.2 Å². The second-order valence-electron chi connectivity index (χ2n) is 5.32. The molecule has 0 amide bonds. The molecular weight excluding hydrogens is 339 g/mol. The van der Waals surface area contributed by atoms with E-state index in [4.69, 9.17) is 11.6 Å². The van der Waals surface area contributed by atoms with Crippen LogP contribution in [-0.2, 0) is 6.18 Å². The molecule has 120 valence electrons. The highest BCUT2D eigenvalue weighted by atomic mass is 35.5. The summed E-state index contributed by atoms with van der Waals surface area (Å²) < 4.78 is 38.0. The minimum absolute atomic E-state index is 0.414. The molecule has 4 rings (SSSR count). The van der Waals surface area contributed by atoms with Gasteiger partial charge in [0.25, 0.3) is 0 Å². The Bertz CT molecular complexity index is 1050. The SMILES string of the molecule is FC(F)(F)c1ccc(-c2nc3c(Cl)c4ncccc4cc3[nH]2)cc1. The third-order valence-corrected chi connectivity index (χ3v) is 4.13. The summed E-state index contributed by atoms with van der Waals surface area (Å²) in [7, 11) is 0. The number of pyridine rings is 1. The maximum atomic E-state index is 12.7. The average Bonchev–Trinajstić information content (AvgIpc) is 2.99. The molecule has 1 N–H and O–H groups in total. The van der Waals surface area contributed by atoms with Crippen molar-refractivity contribution in [3.8, 4) is 11.4 Å². The number of fused-ring (bicyclic) bond motifs is 2. The molecule has 0 fully saturated rings. The van der Waals surface area contributed by atoms with Crippen LogP contribution < -0.4 is 0 Å². The number of halogens is 4. The molecular formula is C17H9ClF3N3. The molecule has 24 heavy (non-hydrogen) atoms. The van der Waals surface area contributed by atoms with Crippen molar-refractivity contribution >= 4 is 33.5 Å². The molecule has 3 nitrogen and oxygen atoms in total. The van der Waals surface area contributed by atoms with E-state index >= 15 is 0 Å². The van der Waals surface area contributed by atoms with Gasteiger partial charge >= 0.3 is 6.18 Å². The number of nitrogens with zero attached hydrogens (tertiary/aromatic N) is 2. The highest BCUT2D eigenvalue weighted by Crippen LogP contribution is 2.33. The fourth-order valence-corrected chi connectivity index (χ4v) is 2.90. The molecule has 0 radical (unpaired) electrons. The van der Waals surface area contributed by atoms with Crippen molar-refractivity contribution in [3.05, 3.63) is 59.2 Å². The lowest BCUT2D eigenvalue weighted by Crippen LogP contribution is -2.04. The predicted molar refractivity (Wildman–Crippen MR) is 86.8 cm³/mol. The van der Waals surface area contributed by atoms with Gasteiger partial charge < -0.3 is 4.98 Å². The summed E-state index contributed by atoms with van der Waals surface area (Å²) in [5, 5.41) is 1.27. The van der Waals surface area contributed by atoms with E-state index in [9.17, 15) is 13.2 Å². The number of rotatable bonds is 1. The topological polar surface area (TPSA) is 41.6 Å². The van der Waals surface area contributed by atoms with E-state index in [0.717, 1.165) is 17.5 Å². The van der Waals surface area contributed by atoms with E-state index in [1.807, 2.05) is 12.1 Å². The van der Waals surface area contributed by atoms with Crippen LogP contribution in [0.2, 0.25) is 5.02 Å². The first-order valence-corrected chi connectivity index (χ1v) is 7.42. The Morgan fingerprint density at radius 3 is 2.46 bits per heavy atom. The normalized spacial score (nSPS) is 12.2. The minimum atomic E-state index is -4.36. The molecule has 0 spiro atoms. The third-order valence-electron chi connectivity index (χ3n) is 3.77. The summed E-state index contributed by atoms with van der Waals surface area (Å²) in [6.45, 7) is 0. The van der Waals surface area contributed by atoms with Crippen LogP contribution in [0.15, 0.2) is 48.7 Å². The monoisotopic (exact) mass is 347 g/mol. The zero-order chi connectivity index (χ0) is 16.9. The van der Waals surface area contributed by atoms with Gasteiger partial charge in [0.2, 0.25) is 0 Å². The average molecular weight is 348 g/mol. The quantitative estimate of drug-likeness (QED) is 0.497. The Hall–Kier alpha value is -2.60. The molecule has 0 saturated heterocycles. The summed E-state index contributed by atoms with van der Waals surface area (Å²) in [5.74, 6) is 0.455. The van der Waals surface area contributed by atoms with E-state index in [0.29, 0.717) is 33.0 Å². The molecule has 0 saturated carbocycles. The van der Waals surface area contributed by atoms with E-state index in [1.165, 1.54) is 12.1 Å². The van der Waals surface area contributed by atoms with Crippen LogP contribution in [0, 0.1) is 0 Å². The van der Waals surface area contributed by atoms with Gasteiger partial charge in [-0.3, -0.25) is 4.98 Å². The van der Waals surface area contributed by atoms with Crippen LogP contribution in [-0.4, -0.2) is 15.0 Å². The number of benzene rings is 2. The Morgan fingerprint density at radius 2 is 1.75 bits per heavy atom. The zero-order valence-electron chi connectivity index (χ0n) is 12.0. The molecule has 2 aromatic carbocycles. The van der Waals surface area contributed by atoms with Crippen LogP contribution >= 0.6 is 11.6 Å². The van der Waals surface area contributed by atoms with E-state index in [1.54, 1.807) is 12.3 Å². The first-order chi connectivity index (χ1) is 11.4. The molecule has 4 aromatic rings. The lowest BCUT2D eigenvalue weighted by atomic mass is 10.1. The van der Waals surface area contributed by atoms with Gasteiger partial charge in [0.05, 0.1) is 21.6 Å². The molecule has 0 aliphatic rings. The standard InChI is InChI=1S/C17H9ClF3N3/c18-13-14-10(2-1-7-22-14)8-12-15(13)24-16(23-12)9-3-5-11(6-4-9)17(19,20)21/h1-8H,(H,23,24). The number of hydrogen-bond acceptors (Lipinski definition) is 2. The number of aromatic nitrogens is 3. The van der Waals surface area contributed by atoms with Gasteiger partial charge in [-0.25, -0.2) is 4.98 Å². The second kappa shape index (κ2) is 5.21.